The number of unbranched alkanes of at least 4 members (excludes halogenated alkanes) is 10. The van der Waals surface area contributed by atoms with Gasteiger partial charge in [-0.3, -0.25) is 14.4 Å². The average molecular weight is 466 g/mol. The lowest BCUT2D eigenvalue weighted by molar-refractivity contribution is -0.129. The third-order valence-corrected chi connectivity index (χ3v) is 5.69. The van der Waals surface area contributed by atoms with Crippen LogP contribution < -0.4 is 16.0 Å². The molecule has 0 fully saturated rings. The van der Waals surface area contributed by atoms with Crippen molar-refractivity contribution in [1.29, 1.82) is 0 Å². The van der Waals surface area contributed by atoms with Crippen molar-refractivity contribution in [2.24, 2.45) is 0 Å². The molecule has 0 heterocycles. The molecule has 3 N–H and O–H groups in total. The molecule has 3 amide bonds. The van der Waals surface area contributed by atoms with Crippen molar-refractivity contribution < 1.29 is 14.4 Å². The fourth-order valence-corrected chi connectivity index (χ4v) is 3.51. The first-order chi connectivity index (χ1) is 16.0. The van der Waals surface area contributed by atoms with Crippen molar-refractivity contribution in [2.75, 3.05) is 13.1 Å². The minimum absolute atomic E-state index is 0.0747. The Morgan fingerprint density at radius 3 is 1.88 bits per heavy atom. The number of rotatable bonds is 22. The van der Waals surface area contributed by atoms with Crippen LogP contribution in [0.5, 0.6) is 0 Å². The maximum atomic E-state index is 12.5. The molecule has 192 valence electrons. The highest BCUT2D eigenvalue weighted by Gasteiger charge is 2.21. The Balaban J connectivity index is 4.26. The van der Waals surface area contributed by atoms with Gasteiger partial charge in [0, 0.05) is 25.9 Å². The highest BCUT2D eigenvalue weighted by molar-refractivity contribution is 5.88. The topological polar surface area (TPSA) is 87.3 Å². The van der Waals surface area contributed by atoms with E-state index >= 15 is 0 Å². The number of amides is 3. The van der Waals surface area contributed by atoms with E-state index in [4.69, 9.17) is 0 Å². The maximum absolute atomic E-state index is 12.5. The largest absolute Gasteiger partial charge is 0.356 e. The van der Waals surface area contributed by atoms with Gasteiger partial charge in [0.15, 0.2) is 0 Å². The lowest BCUT2D eigenvalue weighted by atomic mass is 10.1. The zero-order valence-corrected chi connectivity index (χ0v) is 21.7. The molecule has 6 heteroatoms. The van der Waals surface area contributed by atoms with Gasteiger partial charge >= 0.3 is 0 Å². The van der Waals surface area contributed by atoms with Crippen molar-refractivity contribution in [3.05, 3.63) is 12.2 Å². The summed E-state index contributed by atoms with van der Waals surface area (Å²) in [7, 11) is 0. The fraction of sp³-hybridized carbons (Fsp3) is 0.815. The van der Waals surface area contributed by atoms with Gasteiger partial charge in [0.1, 0.15) is 6.04 Å². The third kappa shape index (κ3) is 20.5. The van der Waals surface area contributed by atoms with Crippen LogP contribution in [-0.2, 0) is 14.4 Å². The van der Waals surface area contributed by atoms with Crippen LogP contribution in [0.15, 0.2) is 12.2 Å². The number of hydrogen-bond donors (Lipinski definition) is 3. The van der Waals surface area contributed by atoms with Crippen LogP contribution in [0.1, 0.15) is 124 Å². The monoisotopic (exact) mass is 465 g/mol. The first kappa shape index (κ1) is 31.1. The summed E-state index contributed by atoms with van der Waals surface area (Å²) in [4.78, 5) is 36.9. The van der Waals surface area contributed by atoms with Gasteiger partial charge in [-0.1, -0.05) is 90.7 Å². The summed E-state index contributed by atoms with van der Waals surface area (Å²) >= 11 is 0. The van der Waals surface area contributed by atoms with E-state index in [0.29, 0.717) is 19.5 Å². The molecule has 0 saturated carbocycles. The van der Waals surface area contributed by atoms with E-state index < -0.39 is 6.04 Å². The van der Waals surface area contributed by atoms with Gasteiger partial charge in [-0.25, -0.2) is 0 Å². The Morgan fingerprint density at radius 1 is 0.667 bits per heavy atom. The molecule has 0 saturated heterocycles. The summed E-state index contributed by atoms with van der Waals surface area (Å²) in [5, 5.41) is 8.56. The molecule has 0 spiro atoms. The quantitative estimate of drug-likeness (QED) is 0.144. The second-order valence-corrected chi connectivity index (χ2v) is 8.95. The summed E-state index contributed by atoms with van der Waals surface area (Å²) in [6, 6.07) is -0.674. The lowest BCUT2D eigenvalue weighted by Crippen LogP contribution is -2.47. The molecule has 0 aliphatic carbocycles. The Labute approximate surface area is 203 Å². The average Bonchev–Trinajstić information content (AvgIpc) is 2.80. The van der Waals surface area contributed by atoms with Gasteiger partial charge in [-0.15, -0.1) is 0 Å². The molecular formula is C27H51N3O3. The first-order valence-corrected chi connectivity index (χ1v) is 13.5. The molecule has 0 radical (unpaired) electrons. The first-order valence-electron chi connectivity index (χ1n) is 13.5. The minimum atomic E-state index is -0.674. The highest BCUT2D eigenvalue weighted by atomic mass is 16.2. The van der Waals surface area contributed by atoms with Crippen LogP contribution in [0.25, 0.3) is 0 Å². The van der Waals surface area contributed by atoms with Crippen molar-refractivity contribution >= 4 is 17.7 Å². The molecule has 0 aliphatic heterocycles. The number of hydrogen-bond acceptors (Lipinski definition) is 3. The molecule has 0 bridgehead atoms. The Bertz CT molecular complexity index is 535. The van der Waals surface area contributed by atoms with Crippen molar-refractivity contribution in [1.82, 2.24) is 16.0 Å². The molecule has 0 aliphatic rings. The second kappa shape index (κ2) is 23.3. The van der Waals surface area contributed by atoms with Crippen LogP contribution in [0.3, 0.4) is 0 Å². The fourth-order valence-electron chi connectivity index (χ4n) is 3.51. The van der Waals surface area contributed by atoms with E-state index in [9.17, 15) is 14.4 Å². The summed E-state index contributed by atoms with van der Waals surface area (Å²) in [5.74, 6) is -0.459. The van der Waals surface area contributed by atoms with Crippen molar-refractivity contribution in [3.63, 3.8) is 0 Å². The zero-order chi connectivity index (χ0) is 24.6. The van der Waals surface area contributed by atoms with E-state index in [2.05, 4.69) is 42.8 Å². The Kier molecular flexibility index (Phi) is 22.0. The van der Waals surface area contributed by atoms with Crippen molar-refractivity contribution in [2.45, 2.75) is 130 Å². The van der Waals surface area contributed by atoms with Crippen LogP contribution in [-0.4, -0.2) is 36.9 Å². The number of allylic oxidation sites excluding steroid dienone is 1. The molecular weight excluding hydrogens is 414 g/mol. The zero-order valence-electron chi connectivity index (χ0n) is 21.7. The summed E-state index contributed by atoms with van der Waals surface area (Å²) < 4.78 is 0. The summed E-state index contributed by atoms with van der Waals surface area (Å²) in [5.41, 5.74) is 0. The molecule has 1 atom stereocenters. The van der Waals surface area contributed by atoms with E-state index in [0.717, 1.165) is 38.5 Å². The molecule has 0 rings (SSSR count). The van der Waals surface area contributed by atoms with Gasteiger partial charge in [-0.05, 0) is 32.1 Å². The smallest absolute Gasteiger partial charge is 0.242 e. The SMILES string of the molecule is CCCCCCCCCC/C=C/CC(=O)N[C@@H](CCC(=O)NCCCC)C(=O)NCCCC. The predicted octanol–water partition coefficient (Wildman–Crippen LogP) is 5.56. The van der Waals surface area contributed by atoms with E-state index in [1.807, 2.05) is 6.08 Å². The normalized spacial score (nSPS) is 12.0. The molecule has 33 heavy (non-hydrogen) atoms. The molecule has 0 aromatic heterocycles. The van der Waals surface area contributed by atoms with Crippen LogP contribution in [0, 0.1) is 0 Å². The van der Waals surface area contributed by atoms with Crippen molar-refractivity contribution in [3.8, 4) is 0 Å². The lowest BCUT2D eigenvalue weighted by Gasteiger charge is -2.18. The van der Waals surface area contributed by atoms with E-state index in [1.165, 1.54) is 44.9 Å². The van der Waals surface area contributed by atoms with Crippen LogP contribution >= 0.6 is 0 Å². The molecule has 0 aromatic carbocycles. The highest BCUT2D eigenvalue weighted by Crippen LogP contribution is 2.10. The third-order valence-electron chi connectivity index (χ3n) is 5.69. The summed E-state index contributed by atoms with van der Waals surface area (Å²) in [6.07, 6.45) is 19.9. The van der Waals surface area contributed by atoms with Gasteiger partial charge in [0.2, 0.25) is 17.7 Å². The van der Waals surface area contributed by atoms with Gasteiger partial charge in [0.05, 0.1) is 0 Å². The number of carbonyl (C=O) groups is 3. The van der Waals surface area contributed by atoms with Crippen LogP contribution in [0.4, 0.5) is 0 Å². The molecule has 0 aromatic rings. The van der Waals surface area contributed by atoms with Crippen LogP contribution in [0.2, 0.25) is 0 Å². The number of nitrogens with one attached hydrogen (secondary N) is 3. The molecule has 6 nitrogen and oxygen atoms in total. The van der Waals surface area contributed by atoms with E-state index in [1.54, 1.807) is 0 Å². The predicted molar refractivity (Wildman–Crippen MR) is 138 cm³/mol. The minimum Gasteiger partial charge on any atom is -0.356 e. The summed E-state index contributed by atoms with van der Waals surface area (Å²) in [6.45, 7) is 7.61. The van der Waals surface area contributed by atoms with E-state index in [-0.39, 0.29) is 30.6 Å². The van der Waals surface area contributed by atoms with Gasteiger partial charge in [-0.2, -0.15) is 0 Å². The Hall–Kier alpha value is -1.85. The number of carbonyl (C=O) groups excluding carboxylic acids is 3. The Morgan fingerprint density at radius 2 is 1.24 bits per heavy atom. The standard InChI is InChI=1S/C27H51N3O3/c1-4-7-10-11-12-13-14-15-16-17-18-19-26(32)30-24(27(33)29-23-9-6-3)20-21-25(31)28-22-8-5-2/h17-18,24H,4-16,19-23H2,1-3H3,(H,28,31)(H,29,33)(H,30,32)/b18-17+/t24-/m0/s1. The van der Waals surface area contributed by atoms with Gasteiger partial charge < -0.3 is 16.0 Å². The maximum Gasteiger partial charge on any atom is 0.242 e. The second-order valence-electron chi connectivity index (χ2n) is 8.95. The van der Waals surface area contributed by atoms with Gasteiger partial charge in [0.25, 0.3) is 0 Å². The molecule has 0 unspecified atom stereocenters.